The molecule has 0 heterocycles. The number of nitrogens with two attached hydrogens (primary N) is 1. The van der Waals surface area contributed by atoms with Crippen LogP contribution in [0.25, 0.3) is 11.1 Å². The van der Waals surface area contributed by atoms with Gasteiger partial charge in [-0.3, -0.25) is 0 Å². The standard InChI is InChI=1S/C20H19N3O/c21-18-10-6-16(7-11-18)17-8-12-19(13-9-17)23-20(24)22-14-15-4-2-1-3-5-15/h1-13H,14,21H2,(H2,22,23,24). The number of carbonyl (C=O) groups is 1. The highest BCUT2D eigenvalue weighted by molar-refractivity contribution is 5.89. The number of rotatable bonds is 4. The summed E-state index contributed by atoms with van der Waals surface area (Å²) in [7, 11) is 0. The van der Waals surface area contributed by atoms with Crippen molar-refractivity contribution in [3.8, 4) is 11.1 Å². The molecular formula is C20H19N3O. The van der Waals surface area contributed by atoms with Crippen LogP contribution >= 0.6 is 0 Å². The van der Waals surface area contributed by atoms with Gasteiger partial charge >= 0.3 is 6.03 Å². The minimum atomic E-state index is -0.223. The van der Waals surface area contributed by atoms with Crippen molar-refractivity contribution in [1.29, 1.82) is 0 Å². The Kier molecular flexibility index (Phi) is 4.77. The van der Waals surface area contributed by atoms with Crippen molar-refractivity contribution in [3.63, 3.8) is 0 Å². The third-order valence-electron chi connectivity index (χ3n) is 3.68. The maximum absolute atomic E-state index is 11.9. The van der Waals surface area contributed by atoms with Crippen molar-refractivity contribution in [2.45, 2.75) is 6.54 Å². The molecule has 4 nitrogen and oxygen atoms in total. The monoisotopic (exact) mass is 317 g/mol. The van der Waals surface area contributed by atoms with E-state index in [0.717, 1.165) is 28.1 Å². The molecule has 0 aromatic heterocycles. The topological polar surface area (TPSA) is 67.1 Å². The quantitative estimate of drug-likeness (QED) is 0.629. The molecule has 0 aliphatic heterocycles. The van der Waals surface area contributed by atoms with Crippen LogP contribution in [0.4, 0.5) is 16.2 Å². The predicted octanol–water partition coefficient (Wildman–Crippen LogP) is 4.26. The lowest BCUT2D eigenvalue weighted by molar-refractivity contribution is 0.251. The number of benzene rings is 3. The summed E-state index contributed by atoms with van der Waals surface area (Å²) in [5, 5.41) is 5.67. The van der Waals surface area contributed by atoms with Crippen molar-refractivity contribution in [3.05, 3.63) is 84.4 Å². The molecule has 3 aromatic rings. The molecular weight excluding hydrogens is 298 g/mol. The Morgan fingerprint density at radius 1 is 0.792 bits per heavy atom. The fourth-order valence-corrected chi connectivity index (χ4v) is 2.38. The van der Waals surface area contributed by atoms with Crippen LogP contribution < -0.4 is 16.4 Å². The lowest BCUT2D eigenvalue weighted by Crippen LogP contribution is -2.28. The van der Waals surface area contributed by atoms with E-state index in [1.54, 1.807) is 0 Å². The third-order valence-corrected chi connectivity index (χ3v) is 3.68. The summed E-state index contributed by atoms with van der Waals surface area (Å²) >= 11 is 0. The Labute approximate surface area is 141 Å². The number of hydrogen-bond donors (Lipinski definition) is 3. The van der Waals surface area contributed by atoms with E-state index in [1.165, 1.54) is 0 Å². The Balaban J connectivity index is 1.57. The van der Waals surface area contributed by atoms with Gasteiger partial charge in [0.15, 0.2) is 0 Å². The van der Waals surface area contributed by atoms with Crippen LogP contribution in [0.2, 0.25) is 0 Å². The fraction of sp³-hybridized carbons (Fsp3) is 0.0500. The van der Waals surface area contributed by atoms with Gasteiger partial charge in [0, 0.05) is 17.9 Å². The van der Waals surface area contributed by atoms with E-state index in [0.29, 0.717) is 6.54 Å². The molecule has 24 heavy (non-hydrogen) atoms. The maximum Gasteiger partial charge on any atom is 0.319 e. The molecule has 0 bridgehead atoms. The van der Waals surface area contributed by atoms with E-state index >= 15 is 0 Å². The first-order chi connectivity index (χ1) is 11.7. The van der Waals surface area contributed by atoms with E-state index in [9.17, 15) is 4.79 Å². The molecule has 0 spiro atoms. The molecule has 0 saturated carbocycles. The van der Waals surface area contributed by atoms with E-state index in [2.05, 4.69) is 10.6 Å². The first-order valence-corrected chi connectivity index (χ1v) is 7.75. The van der Waals surface area contributed by atoms with Gasteiger partial charge in [-0.1, -0.05) is 54.6 Å². The van der Waals surface area contributed by atoms with E-state index in [-0.39, 0.29) is 6.03 Å². The van der Waals surface area contributed by atoms with Gasteiger partial charge in [0.25, 0.3) is 0 Å². The van der Waals surface area contributed by atoms with Gasteiger partial charge in [0.1, 0.15) is 0 Å². The smallest absolute Gasteiger partial charge is 0.319 e. The van der Waals surface area contributed by atoms with Crippen molar-refractivity contribution < 1.29 is 4.79 Å². The van der Waals surface area contributed by atoms with Crippen LogP contribution in [-0.4, -0.2) is 6.03 Å². The number of urea groups is 1. The van der Waals surface area contributed by atoms with Gasteiger partial charge in [0.2, 0.25) is 0 Å². The van der Waals surface area contributed by atoms with E-state index in [1.807, 2.05) is 78.9 Å². The summed E-state index contributed by atoms with van der Waals surface area (Å²) in [6, 6.07) is 25.0. The van der Waals surface area contributed by atoms with Crippen LogP contribution in [-0.2, 0) is 6.54 Å². The molecule has 120 valence electrons. The molecule has 3 rings (SSSR count). The highest BCUT2D eigenvalue weighted by atomic mass is 16.2. The molecule has 2 amide bonds. The van der Waals surface area contributed by atoms with Crippen molar-refractivity contribution in [2.75, 3.05) is 11.1 Å². The van der Waals surface area contributed by atoms with Crippen LogP contribution in [0.1, 0.15) is 5.56 Å². The highest BCUT2D eigenvalue weighted by Crippen LogP contribution is 2.22. The number of nitrogen functional groups attached to an aromatic ring is 1. The lowest BCUT2D eigenvalue weighted by atomic mass is 10.1. The molecule has 0 fully saturated rings. The van der Waals surface area contributed by atoms with Crippen molar-refractivity contribution in [2.24, 2.45) is 0 Å². The average Bonchev–Trinajstić information content (AvgIpc) is 2.62. The zero-order valence-corrected chi connectivity index (χ0v) is 13.2. The number of anilines is 2. The summed E-state index contributed by atoms with van der Waals surface area (Å²) < 4.78 is 0. The largest absolute Gasteiger partial charge is 0.399 e. The Hall–Kier alpha value is -3.27. The average molecular weight is 317 g/mol. The van der Waals surface area contributed by atoms with Crippen LogP contribution in [0.15, 0.2) is 78.9 Å². The van der Waals surface area contributed by atoms with E-state index in [4.69, 9.17) is 5.73 Å². The summed E-state index contributed by atoms with van der Waals surface area (Å²) in [5.74, 6) is 0. The zero-order chi connectivity index (χ0) is 16.8. The second kappa shape index (κ2) is 7.33. The number of carbonyl (C=O) groups excluding carboxylic acids is 1. The maximum atomic E-state index is 11.9. The molecule has 4 heteroatoms. The SMILES string of the molecule is Nc1ccc(-c2ccc(NC(=O)NCc3ccccc3)cc2)cc1. The van der Waals surface area contributed by atoms with Crippen LogP contribution in [0.5, 0.6) is 0 Å². The van der Waals surface area contributed by atoms with Crippen LogP contribution in [0.3, 0.4) is 0 Å². The molecule has 0 radical (unpaired) electrons. The molecule has 0 saturated heterocycles. The minimum Gasteiger partial charge on any atom is -0.399 e. The molecule has 4 N–H and O–H groups in total. The first-order valence-electron chi connectivity index (χ1n) is 7.75. The van der Waals surface area contributed by atoms with E-state index < -0.39 is 0 Å². The molecule has 0 aliphatic carbocycles. The zero-order valence-electron chi connectivity index (χ0n) is 13.2. The summed E-state index contributed by atoms with van der Waals surface area (Å²) in [6.45, 7) is 0.496. The van der Waals surface area contributed by atoms with Gasteiger partial charge in [0.05, 0.1) is 0 Å². The fourth-order valence-electron chi connectivity index (χ4n) is 2.38. The number of amides is 2. The lowest BCUT2D eigenvalue weighted by Gasteiger charge is -2.09. The Morgan fingerprint density at radius 3 is 2.00 bits per heavy atom. The molecule has 0 atom stereocenters. The highest BCUT2D eigenvalue weighted by Gasteiger charge is 2.03. The Morgan fingerprint density at radius 2 is 1.38 bits per heavy atom. The number of nitrogens with one attached hydrogen (secondary N) is 2. The second-order valence-electron chi connectivity index (χ2n) is 5.49. The van der Waals surface area contributed by atoms with Crippen LogP contribution in [0, 0.1) is 0 Å². The minimum absolute atomic E-state index is 0.223. The number of hydrogen-bond acceptors (Lipinski definition) is 2. The molecule has 0 unspecified atom stereocenters. The predicted molar refractivity (Wildman–Crippen MR) is 98.6 cm³/mol. The normalized spacial score (nSPS) is 10.2. The van der Waals surface area contributed by atoms with Gasteiger partial charge < -0.3 is 16.4 Å². The van der Waals surface area contributed by atoms with Gasteiger partial charge in [-0.25, -0.2) is 4.79 Å². The second-order valence-corrected chi connectivity index (χ2v) is 5.49. The molecule has 0 aliphatic rings. The summed E-state index contributed by atoms with van der Waals surface area (Å²) in [6.07, 6.45) is 0. The van der Waals surface area contributed by atoms with Gasteiger partial charge in [-0.05, 0) is 41.0 Å². The third kappa shape index (κ3) is 4.14. The van der Waals surface area contributed by atoms with Crippen molar-refractivity contribution >= 4 is 17.4 Å². The van der Waals surface area contributed by atoms with Gasteiger partial charge in [-0.15, -0.1) is 0 Å². The first kappa shape index (κ1) is 15.6. The van der Waals surface area contributed by atoms with Crippen molar-refractivity contribution in [1.82, 2.24) is 5.32 Å². The summed E-state index contributed by atoms with van der Waals surface area (Å²) in [5.41, 5.74) is 10.4. The molecule has 3 aromatic carbocycles. The Bertz CT molecular complexity index is 797. The van der Waals surface area contributed by atoms with Gasteiger partial charge in [-0.2, -0.15) is 0 Å². The summed E-state index contributed by atoms with van der Waals surface area (Å²) in [4.78, 5) is 11.9.